The minimum atomic E-state index is -0.310. The summed E-state index contributed by atoms with van der Waals surface area (Å²) in [6.07, 6.45) is 2.85. The normalized spacial score (nSPS) is 10.4. The van der Waals surface area contributed by atoms with Gasteiger partial charge in [-0.1, -0.05) is 12.1 Å². The molecule has 0 unspecified atom stereocenters. The Hall–Kier alpha value is -1.94. The lowest BCUT2D eigenvalue weighted by Crippen LogP contribution is -2.20. The van der Waals surface area contributed by atoms with E-state index in [-0.39, 0.29) is 5.82 Å². The molecule has 4 heteroatoms. The summed E-state index contributed by atoms with van der Waals surface area (Å²) in [5.41, 5.74) is 2.01. The van der Waals surface area contributed by atoms with E-state index in [4.69, 9.17) is 4.74 Å². The number of ether oxygens (including phenoxy) is 1. The number of halogens is 1. The molecule has 0 aliphatic carbocycles. The van der Waals surface area contributed by atoms with E-state index in [1.54, 1.807) is 6.20 Å². The summed E-state index contributed by atoms with van der Waals surface area (Å²) in [4.78, 5) is 3.79. The van der Waals surface area contributed by atoms with Gasteiger partial charge in [0, 0.05) is 19.3 Å². The molecule has 0 aliphatic heterocycles. The molecule has 0 atom stereocenters. The fraction of sp³-hybridized carbons (Fsp3) is 0.267. The van der Waals surface area contributed by atoms with E-state index in [1.807, 2.05) is 31.2 Å². The van der Waals surface area contributed by atoms with Crippen LogP contribution in [0, 0.1) is 12.7 Å². The summed E-state index contributed by atoms with van der Waals surface area (Å²) in [5.74, 6) is 0.560. The first-order valence-corrected chi connectivity index (χ1v) is 6.23. The van der Waals surface area contributed by atoms with Crippen LogP contribution in [0.3, 0.4) is 0 Å². The zero-order valence-corrected chi connectivity index (χ0v) is 10.9. The number of hydrogen-bond acceptors (Lipinski definition) is 3. The second-order valence-corrected chi connectivity index (χ2v) is 4.35. The van der Waals surface area contributed by atoms with Crippen LogP contribution < -0.4 is 10.1 Å². The lowest BCUT2D eigenvalue weighted by molar-refractivity contribution is 0.313. The van der Waals surface area contributed by atoms with Crippen molar-refractivity contribution in [1.29, 1.82) is 0 Å². The van der Waals surface area contributed by atoms with Crippen molar-refractivity contribution in [3.63, 3.8) is 0 Å². The molecule has 0 bridgehead atoms. The molecule has 1 aromatic heterocycles. The molecular formula is C15H17FN2O. The summed E-state index contributed by atoms with van der Waals surface area (Å²) in [6.45, 7) is 3.89. The van der Waals surface area contributed by atoms with Crippen molar-refractivity contribution in [1.82, 2.24) is 10.3 Å². The minimum Gasteiger partial charge on any atom is -0.492 e. The third kappa shape index (κ3) is 4.67. The summed E-state index contributed by atoms with van der Waals surface area (Å²) >= 11 is 0. The summed E-state index contributed by atoms with van der Waals surface area (Å²) in [6, 6.07) is 9.40. The van der Waals surface area contributed by atoms with Crippen LogP contribution in [0.4, 0.5) is 4.39 Å². The first kappa shape index (κ1) is 13.5. The van der Waals surface area contributed by atoms with Gasteiger partial charge in [0.1, 0.15) is 18.2 Å². The number of nitrogens with zero attached hydrogens (tertiary/aromatic N) is 1. The molecule has 1 heterocycles. The Balaban J connectivity index is 1.67. The van der Waals surface area contributed by atoms with Crippen LogP contribution in [-0.2, 0) is 6.54 Å². The molecular weight excluding hydrogens is 243 g/mol. The maximum absolute atomic E-state index is 12.9. The standard InChI is InChI=1S/C15H17FN2O/c1-12-3-2-4-15(7-12)19-6-5-17-9-13-8-14(16)11-18-10-13/h2-4,7-8,10-11,17H,5-6,9H2,1H3. The number of rotatable bonds is 6. The minimum absolute atomic E-state index is 0.310. The van der Waals surface area contributed by atoms with Crippen LogP contribution in [-0.4, -0.2) is 18.1 Å². The number of aromatic nitrogens is 1. The Kier molecular flexibility index (Phi) is 4.86. The van der Waals surface area contributed by atoms with Gasteiger partial charge in [-0.2, -0.15) is 0 Å². The van der Waals surface area contributed by atoms with E-state index in [0.717, 1.165) is 11.3 Å². The van der Waals surface area contributed by atoms with Crippen LogP contribution in [0.1, 0.15) is 11.1 Å². The van der Waals surface area contributed by atoms with Gasteiger partial charge in [0.15, 0.2) is 0 Å². The highest BCUT2D eigenvalue weighted by Gasteiger charge is 1.97. The van der Waals surface area contributed by atoms with E-state index >= 15 is 0 Å². The molecule has 0 amide bonds. The zero-order valence-electron chi connectivity index (χ0n) is 10.9. The fourth-order valence-electron chi connectivity index (χ4n) is 1.73. The van der Waals surface area contributed by atoms with Gasteiger partial charge in [-0.05, 0) is 36.2 Å². The van der Waals surface area contributed by atoms with Crippen LogP contribution in [0.25, 0.3) is 0 Å². The first-order valence-electron chi connectivity index (χ1n) is 6.23. The van der Waals surface area contributed by atoms with E-state index in [0.29, 0.717) is 19.7 Å². The molecule has 0 spiro atoms. The highest BCUT2D eigenvalue weighted by atomic mass is 19.1. The van der Waals surface area contributed by atoms with E-state index in [1.165, 1.54) is 17.8 Å². The van der Waals surface area contributed by atoms with Crippen molar-refractivity contribution < 1.29 is 9.13 Å². The Labute approximate surface area is 112 Å². The van der Waals surface area contributed by atoms with Crippen molar-refractivity contribution in [3.8, 4) is 5.75 Å². The third-order valence-electron chi connectivity index (χ3n) is 2.63. The van der Waals surface area contributed by atoms with Crippen LogP contribution >= 0.6 is 0 Å². The molecule has 2 aromatic rings. The number of benzene rings is 1. The number of nitrogens with one attached hydrogen (secondary N) is 1. The molecule has 19 heavy (non-hydrogen) atoms. The van der Waals surface area contributed by atoms with Crippen LogP contribution in [0.5, 0.6) is 5.75 Å². The average Bonchev–Trinajstić information content (AvgIpc) is 2.38. The molecule has 0 aliphatic rings. The molecule has 0 radical (unpaired) electrons. The number of hydrogen-bond donors (Lipinski definition) is 1. The summed E-state index contributed by atoms with van der Waals surface area (Å²) < 4.78 is 18.5. The Morgan fingerprint density at radius 3 is 2.95 bits per heavy atom. The summed E-state index contributed by atoms with van der Waals surface area (Å²) in [7, 11) is 0. The maximum atomic E-state index is 12.9. The topological polar surface area (TPSA) is 34.1 Å². The maximum Gasteiger partial charge on any atom is 0.141 e. The van der Waals surface area contributed by atoms with Crippen molar-refractivity contribution in [2.75, 3.05) is 13.2 Å². The Morgan fingerprint density at radius 1 is 1.26 bits per heavy atom. The predicted molar refractivity (Wildman–Crippen MR) is 72.6 cm³/mol. The monoisotopic (exact) mass is 260 g/mol. The van der Waals surface area contributed by atoms with Gasteiger partial charge in [0.2, 0.25) is 0 Å². The predicted octanol–water partition coefficient (Wildman–Crippen LogP) is 2.70. The van der Waals surface area contributed by atoms with Crippen molar-refractivity contribution in [3.05, 3.63) is 59.7 Å². The quantitative estimate of drug-likeness (QED) is 0.811. The van der Waals surface area contributed by atoms with Crippen LogP contribution in [0.2, 0.25) is 0 Å². The van der Waals surface area contributed by atoms with Crippen molar-refractivity contribution >= 4 is 0 Å². The third-order valence-corrected chi connectivity index (χ3v) is 2.63. The second-order valence-electron chi connectivity index (χ2n) is 4.35. The highest BCUT2D eigenvalue weighted by Crippen LogP contribution is 2.11. The highest BCUT2D eigenvalue weighted by molar-refractivity contribution is 5.27. The zero-order chi connectivity index (χ0) is 13.5. The molecule has 3 nitrogen and oxygen atoms in total. The van der Waals surface area contributed by atoms with Gasteiger partial charge in [0.05, 0.1) is 6.20 Å². The SMILES string of the molecule is Cc1cccc(OCCNCc2cncc(F)c2)c1. The number of aryl methyl sites for hydroxylation is 1. The van der Waals surface area contributed by atoms with Crippen molar-refractivity contribution in [2.45, 2.75) is 13.5 Å². The lowest BCUT2D eigenvalue weighted by atomic mass is 10.2. The number of pyridine rings is 1. The van der Waals surface area contributed by atoms with Crippen molar-refractivity contribution in [2.24, 2.45) is 0 Å². The molecule has 1 aromatic carbocycles. The van der Waals surface area contributed by atoms with Gasteiger partial charge in [-0.25, -0.2) is 4.39 Å². The Morgan fingerprint density at radius 2 is 2.16 bits per heavy atom. The molecule has 1 N–H and O–H groups in total. The average molecular weight is 260 g/mol. The first-order chi connectivity index (χ1) is 9.24. The lowest BCUT2D eigenvalue weighted by Gasteiger charge is -2.08. The molecule has 0 saturated heterocycles. The van der Waals surface area contributed by atoms with Crippen LogP contribution in [0.15, 0.2) is 42.7 Å². The van der Waals surface area contributed by atoms with Gasteiger partial charge in [-0.15, -0.1) is 0 Å². The van der Waals surface area contributed by atoms with Gasteiger partial charge in [-0.3, -0.25) is 4.98 Å². The fourth-order valence-corrected chi connectivity index (χ4v) is 1.73. The Bertz CT molecular complexity index is 484. The molecule has 0 fully saturated rings. The molecule has 100 valence electrons. The molecule has 2 rings (SSSR count). The molecule has 0 saturated carbocycles. The largest absolute Gasteiger partial charge is 0.492 e. The summed E-state index contributed by atoms with van der Waals surface area (Å²) in [5, 5.41) is 3.18. The van der Waals surface area contributed by atoms with E-state index < -0.39 is 0 Å². The van der Waals surface area contributed by atoms with Gasteiger partial charge < -0.3 is 10.1 Å². The van der Waals surface area contributed by atoms with Gasteiger partial charge in [0.25, 0.3) is 0 Å². The van der Waals surface area contributed by atoms with Gasteiger partial charge >= 0.3 is 0 Å². The van der Waals surface area contributed by atoms with E-state index in [9.17, 15) is 4.39 Å². The van der Waals surface area contributed by atoms with E-state index in [2.05, 4.69) is 10.3 Å². The smallest absolute Gasteiger partial charge is 0.141 e. The second kappa shape index (κ2) is 6.85.